The fraction of sp³-hybridized carbons (Fsp3) is 0.716. The molecule has 3 atom stereocenters. The lowest BCUT2D eigenvalue weighted by molar-refractivity contribution is -0.137. The van der Waals surface area contributed by atoms with Crippen LogP contribution in [-0.4, -0.2) is 444 Å². The van der Waals surface area contributed by atoms with Crippen molar-refractivity contribution in [3.63, 3.8) is 0 Å². The van der Waals surface area contributed by atoms with Crippen molar-refractivity contribution in [2.75, 3.05) is 357 Å². The maximum Gasteiger partial charge on any atom is 0.415 e. The van der Waals surface area contributed by atoms with Gasteiger partial charge < -0.3 is 164 Å². The van der Waals surface area contributed by atoms with Crippen LogP contribution in [0.1, 0.15) is 70.8 Å². The number of nitrogens with two attached hydrogens (primary N) is 1. The number of fused-ring (bicyclic) bond motifs is 1. The molecule has 1 aliphatic rings. The van der Waals surface area contributed by atoms with E-state index < -0.39 is 95.4 Å². The second kappa shape index (κ2) is 85.5. The van der Waals surface area contributed by atoms with Crippen LogP contribution in [0.25, 0.3) is 11.0 Å². The van der Waals surface area contributed by atoms with E-state index in [0.29, 0.717) is 307 Å². The maximum absolute atomic E-state index is 14.1. The molecule has 0 radical (unpaired) electrons. The Morgan fingerprint density at radius 1 is 0.383 bits per heavy atom. The van der Waals surface area contributed by atoms with Gasteiger partial charge in [0.15, 0.2) is 5.78 Å². The number of ether oxygens (including phenoxy) is 26. The molecule has 0 spiro atoms. The smallest absolute Gasteiger partial charge is 0.415 e. The van der Waals surface area contributed by atoms with Crippen LogP contribution >= 0.6 is 0 Å². The number of unbranched alkanes of at least 4 members (excludes halogenated alkanes) is 1. The molecule has 0 fully saturated rings. The van der Waals surface area contributed by atoms with E-state index in [4.69, 9.17) is 133 Å². The van der Waals surface area contributed by atoms with Crippen molar-refractivity contribution < 1.29 is 176 Å². The Morgan fingerprint density at radius 3 is 1.11 bits per heavy atom. The quantitative estimate of drug-likeness (QED) is 0.0308. The molecule has 0 aliphatic carbocycles. The van der Waals surface area contributed by atoms with Crippen molar-refractivity contribution in [2.24, 2.45) is 11.7 Å². The van der Waals surface area contributed by atoms with Crippen LogP contribution < -0.4 is 37.4 Å². The van der Waals surface area contributed by atoms with E-state index in [9.17, 15) is 52.7 Å². The first-order chi connectivity index (χ1) is 68.7. The van der Waals surface area contributed by atoms with Gasteiger partial charge in [0.05, 0.1) is 316 Å². The first-order valence-corrected chi connectivity index (χ1v) is 48.0. The Labute approximate surface area is 825 Å². The molecule has 9 amide bonds. The van der Waals surface area contributed by atoms with Crippen LogP contribution in [0.4, 0.5) is 15.3 Å². The highest BCUT2D eigenvalue weighted by molar-refractivity contribution is 6.13. The summed E-state index contributed by atoms with van der Waals surface area (Å²) in [4.78, 5) is 146. The number of amides is 9. The number of rotatable bonds is 97. The second-order valence-electron chi connectivity index (χ2n) is 31.4. The van der Waals surface area contributed by atoms with E-state index in [1.165, 1.54) is 36.0 Å². The predicted molar refractivity (Wildman–Crippen MR) is 507 cm³/mol. The van der Waals surface area contributed by atoms with Crippen LogP contribution in [0.15, 0.2) is 76.0 Å². The third-order valence-electron chi connectivity index (χ3n) is 19.7. The summed E-state index contributed by atoms with van der Waals surface area (Å²) in [5.74, 6) is -5.66. The summed E-state index contributed by atoms with van der Waals surface area (Å²) >= 11 is 0. The van der Waals surface area contributed by atoms with Gasteiger partial charge >= 0.3 is 17.8 Å². The molecule has 4 rings (SSSR count). The Balaban J connectivity index is 0.903. The van der Waals surface area contributed by atoms with Crippen molar-refractivity contribution in [2.45, 2.75) is 89.9 Å². The fourth-order valence-electron chi connectivity index (χ4n) is 12.0. The number of nitrogens with zero attached hydrogens (tertiary/aromatic N) is 3. The molecule has 0 saturated heterocycles. The van der Waals surface area contributed by atoms with Crippen LogP contribution in [-0.2, 0) is 163 Å². The SMILES string of the molecule is COCCOCCOCCOCCOCCOCCOCCOCCOCCOCCOCCOCCOCCOCCOCCOCCOCCOCCOCCOCCOCCOCCOCCOCCCC(=O)C(CC(=O)NC(C(=O)N[C@@H](CCCCC(N)=O)C(=O)Nc1ccc(COC(=O)N(C)CCN(C)C(=O)Oc2ccc3ccc(=O)oc3c2)cc1)C(C)C)NC(=O)CCN1C(=O)C=CC1=O. The predicted octanol–water partition coefficient (Wildman–Crippen LogP) is 2.67. The molecule has 1 aliphatic heterocycles. The Kier molecular flexibility index (Phi) is 75.5. The number of imide groups is 1. The highest BCUT2D eigenvalue weighted by Crippen LogP contribution is 2.21. The van der Waals surface area contributed by atoms with E-state index in [1.807, 2.05) is 0 Å². The van der Waals surface area contributed by atoms with Crippen molar-refractivity contribution >= 4 is 76.0 Å². The number of methoxy groups -OCH3 is 1. The highest BCUT2D eigenvalue weighted by Gasteiger charge is 2.33. The van der Waals surface area contributed by atoms with Crippen molar-refractivity contribution in [1.29, 1.82) is 0 Å². The molecule has 6 N–H and O–H groups in total. The van der Waals surface area contributed by atoms with Crippen LogP contribution in [0.2, 0.25) is 0 Å². The van der Waals surface area contributed by atoms with Gasteiger partial charge in [0.1, 0.15) is 30.0 Å². The number of likely N-dealkylation sites (N-methyl/N-ethyl adjacent to an activating group) is 2. The normalized spacial score (nSPS) is 12.6. The lowest BCUT2D eigenvalue weighted by Gasteiger charge is -2.26. The summed E-state index contributed by atoms with van der Waals surface area (Å²) in [5.41, 5.74) is 5.93. The third-order valence-corrected chi connectivity index (χ3v) is 19.7. The molecule has 46 nitrogen and oxygen atoms in total. The van der Waals surface area contributed by atoms with E-state index in [0.717, 1.165) is 17.1 Å². The van der Waals surface area contributed by atoms with Crippen molar-refractivity contribution in [1.82, 2.24) is 30.7 Å². The molecule has 1 aromatic heterocycles. The average Bonchev–Trinajstić information content (AvgIpc) is 1.16. The zero-order valence-electron chi connectivity index (χ0n) is 82.8. The number of ketones is 1. The monoisotopic (exact) mass is 2020 g/mol. The van der Waals surface area contributed by atoms with Crippen LogP contribution in [0.5, 0.6) is 5.75 Å². The van der Waals surface area contributed by atoms with E-state index >= 15 is 0 Å². The fourth-order valence-corrected chi connectivity index (χ4v) is 12.0. The molecule has 141 heavy (non-hydrogen) atoms. The number of carbonyl (C=O) groups is 10. The van der Waals surface area contributed by atoms with Crippen LogP contribution in [0, 0.1) is 5.92 Å². The number of hydrogen-bond acceptors (Lipinski definition) is 38. The zero-order chi connectivity index (χ0) is 102. The van der Waals surface area contributed by atoms with Gasteiger partial charge in [-0.2, -0.15) is 0 Å². The maximum atomic E-state index is 14.1. The Hall–Kier alpha value is -8.87. The van der Waals surface area contributed by atoms with Crippen molar-refractivity contribution in [3.05, 3.63) is 82.7 Å². The van der Waals surface area contributed by atoms with Gasteiger partial charge in [-0.05, 0) is 61.1 Å². The molecule has 2 unspecified atom stereocenters. The molecule has 0 saturated carbocycles. The summed E-state index contributed by atoms with van der Waals surface area (Å²) in [6.45, 7) is 23.4. The van der Waals surface area contributed by atoms with E-state index in [1.54, 1.807) is 63.4 Å². The van der Waals surface area contributed by atoms with E-state index in [2.05, 4.69) is 21.3 Å². The summed E-state index contributed by atoms with van der Waals surface area (Å²) in [6, 6.07) is 9.94. The summed E-state index contributed by atoms with van der Waals surface area (Å²) in [5, 5.41) is 11.3. The second-order valence-corrected chi connectivity index (χ2v) is 31.4. The first kappa shape index (κ1) is 124. The Bertz CT molecular complexity index is 3860. The number of carbonyl (C=O) groups excluding carboxylic acids is 10. The Morgan fingerprint density at radius 2 is 0.745 bits per heavy atom. The minimum Gasteiger partial charge on any atom is -0.445 e. The largest absolute Gasteiger partial charge is 0.445 e. The van der Waals surface area contributed by atoms with Gasteiger partial charge in [-0.15, -0.1) is 0 Å². The number of Topliss-reactive ketones (excluding diaryl/α,β-unsaturated/α-hetero) is 1. The molecule has 3 aromatic rings. The number of primary amides is 1. The first-order valence-electron chi connectivity index (χ1n) is 48.0. The van der Waals surface area contributed by atoms with Gasteiger partial charge in [0.25, 0.3) is 11.8 Å². The topological polar surface area (TPSA) is 525 Å². The van der Waals surface area contributed by atoms with Gasteiger partial charge in [-0.25, -0.2) is 14.4 Å². The van der Waals surface area contributed by atoms with Gasteiger partial charge in [0, 0.05) is 102 Å². The molecule has 2 aromatic carbocycles. The standard InChI is InChI=1S/C95H154N8O38/c1-76(2)91(93(112)99-81(9-6-7-11-85(96)105)92(111)97-79-16-12-77(13-17-79)75-139-94(113)101(3)24-25-102(4)95(114)140-80-18-14-78-15-21-90(110)141-84(78)73-80)100-87(107)74-82(98-86(106)22-23-103-88(108)19-20-89(103)109)83(104)10-8-26-116-29-30-118-33-34-120-37-38-122-41-42-124-45-46-126-49-50-128-53-54-130-57-58-132-61-62-134-65-66-136-69-70-138-72-71-137-68-67-135-64-63-133-60-59-131-56-55-129-52-51-127-48-47-125-44-43-123-40-39-121-36-35-119-32-31-117-28-27-115-5/h12-21,73,76,81-82,91H,6-11,22-72,74-75H2,1-5H3,(H2,96,105)(H,97,111)(H,98,106)(H,99,112)(H,100,107)/t81-,82?,91?/m0/s1. The average molecular weight is 2020 g/mol. The summed E-state index contributed by atoms with van der Waals surface area (Å²) in [7, 11) is 4.61. The van der Waals surface area contributed by atoms with Gasteiger partial charge in [-0.1, -0.05) is 32.4 Å². The summed E-state index contributed by atoms with van der Waals surface area (Å²) in [6.07, 6.45) is 0.452. The number of hydrogen-bond donors (Lipinski definition) is 5. The lowest BCUT2D eigenvalue weighted by atomic mass is 10.00. The lowest BCUT2D eigenvalue weighted by Crippen LogP contribution is -2.55. The minimum atomic E-state index is -1.40. The molecule has 0 bridgehead atoms. The minimum absolute atomic E-state index is 0.0193. The molecule has 2 heterocycles. The number of benzene rings is 2. The van der Waals surface area contributed by atoms with Gasteiger partial charge in [0.2, 0.25) is 29.5 Å². The number of anilines is 1. The van der Waals surface area contributed by atoms with Crippen LogP contribution in [0.3, 0.4) is 0 Å². The third kappa shape index (κ3) is 67.4. The van der Waals surface area contributed by atoms with Crippen molar-refractivity contribution in [3.8, 4) is 5.75 Å². The highest BCUT2D eigenvalue weighted by atomic mass is 16.6. The summed E-state index contributed by atoms with van der Waals surface area (Å²) < 4.78 is 148. The molecule has 802 valence electrons. The number of nitrogens with one attached hydrogen (secondary N) is 4. The molecular formula is C95H154N8O38. The molecular weight excluding hydrogens is 1860 g/mol. The van der Waals surface area contributed by atoms with E-state index in [-0.39, 0.29) is 103 Å². The molecule has 46 heteroatoms. The van der Waals surface area contributed by atoms with Gasteiger partial charge in [-0.3, -0.25) is 43.3 Å². The zero-order valence-corrected chi connectivity index (χ0v) is 82.8.